The number of hydrogen-bond acceptors (Lipinski definition) is 7. The molecule has 8 nitrogen and oxygen atoms in total. The van der Waals surface area contributed by atoms with Crippen LogP contribution in [0.3, 0.4) is 0 Å². The zero-order valence-corrected chi connectivity index (χ0v) is 17.5. The second-order valence-electron chi connectivity index (χ2n) is 6.90. The second kappa shape index (κ2) is 8.66. The van der Waals surface area contributed by atoms with Gasteiger partial charge in [-0.15, -0.1) is 0 Å². The number of pyridine rings is 3. The number of aromatic hydroxyl groups is 1. The van der Waals surface area contributed by atoms with E-state index in [1.54, 1.807) is 24.5 Å². The van der Waals surface area contributed by atoms with Gasteiger partial charge in [0.15, 0.2) is 12.4 Å². The molecule has 1 N–H and O–H groups in total. The Kier molecular flexibility index (Phi) is 5.76. The van der Waals surface area contributed by atoms with Crippen LogP contribution < -0.4 is 14.2 Å². The highest BCUT2D eigenvalue weighted by atomic mass is 19.3. The van der Waals surface area contributed by atoms with Gasteiger partial charge in [-0.25, -0.2) is 23.7 Å². The van der Waals surface area contributed by atoms with E-state index in [0.29, 0.717) is 39.5 Å². The molecular weight excluding hydrogens is 422 g/mol. The molecule has 166 valence electrons. The number of nitrogens with zero attached hydrogens (tertiary/aromatic N) is 4. The van der Waals surface area contributed by atoms with Crippen molar-refractivity contribution < 1.29 is 28.1 Å². The molecule has 0 aliphatic carbocycles. The van der Waals surface area contributed by atoms with E-state index in [1.165, 1.54) is 31.0 Å². The molecule has 0 aromatic carbocycles. The van der Waals surface area contributed by atoms with E-state index in [2.05, 4.69) is 15.0 Å². The smallest absolute Gasteiger partial charge is 0.272 e. The van der Waals surface area contributed by atoms with Crippen LogP contribution in [0.2, 0.25) is 0 Å². The van der Waals surface area contributed by atoms with Gasteiger partial charge < -0.3 is 19.3 Å². The first-order valence-electron chi connectivity index (χ1n) is 9.58. The average Bonchev–Trinajstić information content (AvgIpc) is 3.14. The molecule has 4 aromatic rings. The summed E-state index contributed by atoms with van der Waals surface area (Å²) in [5.41, 5.74) is 3.18. The van der Waals surface area contributed by atoms with Gasteiger partial charge >= 0.3 is 0 Å². The number of fused-ring (bicyclic) bond motifs is 1. The van der Waals surface area contributed by atoms with Gasteiger partial charge in [0.2, 0.25) is 11.8 Å². The molecule has 0 spiro atoms. The molecule has 32 heavy (non-hydrogen) atoms. The summed E-state index contributed by atoms with van der Waals surface area (Å²) in [6, 6.07) is 6.70. The van der Waals surface area contributed by atoms with Crippen molar-refractivity contribution in [1.82, 2.24) is 19.5 Å². The van der Waals surface area contributed by atoms with Crippen molar-refractivity contribution in [2.75, 3.05) is 20.8 Å². The minimum atomic E-state index is -2.61. The highest BCUT2D eigenvalue weighted by Gasteiger charge is 2.17. The lowest BCUT2D eigenvalue weighted by Crippen LogP contribution is -2.08. The fraction of sp³-hybridized carbons (Fsp3) is 0.227. The van der Waals surface area contributed by atoms with Crippen LogP contribution in [-0.2, 0) is 0 Å². The number of aromatic nitrogens is 4. The number of alkyl halides is 2. The molecule has 0 bridgehead atoms. The number of hydrogen-bond donors (Lipinski definition) is 1. The number of ether oxygens (including phenoxy) is 3. The highest BCUT2D eigenvalue weighted by molar-refractivity contribution is 5.90. The van der Waals surface area contributed by atoms with Crippen molar-refractivity contribution in [3.8, 4) is 40.3 Å². The van der Waals surface area contributed by atoms with Gasteiger partial charge in [-0.1, -0.05) is 0 Å². The van der Waals surface area contributed by atoms with Crippen molar-refractivity contribution in [3.05, 3.63) is 48.4 Å². The van der Waals surface area contributed by atoms with Crippen LogP contribution in [0, 0.1) is 6.92 Å². The molecule has 0 unspecified atom stereocenters. The van der Waals surface area contributed by atoms with Crippen molar-refractivity contribution >= 4 is 10.9 Å². The lowest BCUT2D eigenvalue weighted by atomic mass is 10.1. The minimum absolute atomic E-state index is 0.0294. The average molecular weight is 442 g/mol. The van der Waals surface area contributed by atoms with Crippen LogP contribution >= 0.6 is 0 Å². The molecule has 0 radical (unpaired) electrons. The molecule has 4 heterocycles. The van der Waals surface area contributed by atoms with Gasteiger partial charge in [-0.05, 0) is 30.7 Å². The first-order chi connectivity index (χ1) is 15.4. The third-order valence-electron chi connectivity index (χ3n) is 4.83. The first-order valence-corrected chi connectivity index (χ1v) is 9.58. The van der Waals surface area contributed by atoms with E-state index in [-0.39, 0.29) is 11.8 Å². The fourth-order valence-electron chi connectivity index (χ4n) is 3.38. The Hall–Kier alpha value is -3.95. The summed E-state index contributed by atoms with van der Waals surface area (Å²) in [7, 11) is 3.03. The molecule has 4 aromatic heterocycles. The summed E-state index contributed by atoms with van der Waals surface area (Å²) in [6.07, 6.45) is 2.09. The predicted molar refractivity (Wildman–Crippen MR) is 113 cm³/mol. The fourth-order valence-corrected chi connectivity index (χ4v) is 3.38. The normalized spacial score (nSPS) is 11.2. The Balaban J connectivity index is 1.77. The van der Waals surface area contributed by atoms with Gasteiger partial charge in [-0.2, -0.15) is 0 Å². The largest absolute Gasteiger partial charge is 0.494 e. The molecule has 0 saturated carbocycles. The minimum Gasteiger partial charge on any atom is -0.494 e. The SMILES string of the molecule is COc1cc(-c2cc(C)c3c(O)n(-c4ccnc(OCC(F)F)c4)cc3n2)cnc1OC. The van der Waals surface area contributed by atoms with Gasteiger partial charge in [0, 0.05) is 30.2 Å². The number of halogens is 2. The van der Waals surface area contributed by atoms with Crippen molar-refractivity contribution in [1.29, 1.82) is 0 Å². The Morgan fingerprint density at radius 2 is 1.94 bits per heavy atom. The van der Waals surface area contributed by atoms with Gasteiger partial charge in [-0.3, -0.25) is 4.57 Å². The van der Waals surface area contributed by atoms with Crippen LogP contribution in [0.4, 0.5) is 8.78 Å². The van der Waals surface area contributed by atoms with Crippen molar-refractivity contribution in [2.24, 2.45) is 0 Å². The van der Waals surface area contributed by atoms with Crippen LogP contribution in [0.15, 0.2) is 42.9 Å². The Morgan fingerprint density at radius 3 is 2.66 bits per heavy atom. The van der Waals surface area contributed by atoms with Crippen LogP contribution in [0.5, 0.6) is 23.4 Å². The molecule has 0 saturated heterocycles. The second-order valence-corrected chi connectivity index (χ2v) is 6.90. The highest BCUT2D eigenvalue weighted by Crippen LogP contribution is 2.36. The van der Waals surface area contributed by atoms with E-state index in [4.69, 9.17) is 14.2 Å². The van der Waals surface area contributed by atoms with E-state index >= 15 is 0 Å². The van der Waals surface area contributed by atoms with Crippen LogP contribution in [-0.4, -0.2) is 51.9 Å². The van der Waals surface area contributed by atoms with Gasteiger partial charge in [0.25, 0.3) is 12.3 Å². The third kappa shape index (κ3) is 3.98. The van der Waals surface area contributed by atoms with E-state index in [0.717, 1.165) is 5.56 Å². The standard InChI is InChI=1S/C22H20F2N4O4/c1-12-6-15(13-7-17(30-2)21(31-3)26-9-13)27-16-10-28(22(29)20(12)16)14-4-5-25-19(8-14)32-11-18(23)24/h4-10,18,29H,11H2,1-3H3. The van der Waals surface area contributed by atoms with Gasteiger partial charge in [0.05, 0.1) is 36.5 Å². The molecule has 0 aliphatic heterocycles. The maximum Gasteiger partial charge on any atom is 0.272 e. The van der Waals surface area contributed by atoms with E-state index in [9.17, 15) is 13.9 Å². The summed E-state index contributed by atoms with van der Waals surface area (Å²) in [5.74, 6) is 0.827. The summed E-state index contributed by atoms with van der Waals surface area (Å²) in [4.78, 5) is 12.8. The predicted octanol–water partition coefficient (Wildman–Crippen LogP) is 4.16. The molecular formula is C22H20F2N4O4. The number of aryl methyl sites for hydroxylation is 1. The van der Waals surface area contributed by atoms with Crippen LogP contribution in [0.1, 0.15) is 5.56 Å². The van der Waals surface area contributed by atoms with Crippen molar-refractivity contribution in [3.63, 3.8) is 0 Å². The summed E-state index contributed by atoms with van der Waals surface area (Å²) in [6.45, 7) is 1.09. The zero-order chi connectivity index (χ0) is 22.8. The molecule has 10 heteroatoms. The summed E-state index contributed by atoms with van der Waals surface area (Å²) >= 11 is 0. The lowest BCUT2D eigenvalue weighted by molar-refractivity contribution is 0.0796. The monoisotopic (exact) mass is 442 g/mol. The van der Waals surface area contributed by atoms with Crippen molar-refractivity contribution in [2.45, 2.75) is 13.3 Å². The first kappa shape index (κ1) is 21.3. The lowest BCUT2D eigenvalue weighted by Gasteiger charge is -2.09. The maximum atomic E-state index is 12.4. The zero-order valence-electron chi connectivity index (χ0n) is 17.5. The third-order valence-corrected chi connectivity index (χ3v) is 4.83. The molecule has 0 fully saturated rings. The van der Waals surface area contributed by atoms with Crippen LogP contribution in [0.25, 0.3) is 27.8 Å². The topological polar surface area (TPSA) is 91.5 Å². The Bertz CT molecular complexity index is 1280. The summed E-state index contributed by atoms with van der Waals surface area (Å²) in [5, 5.41) is 11.4. The molecule has 0 aliphatic rings. The van der Waals surface area contributed by atoms with E-state index in [1.807, 2.05) is 13.0 Å². The molecule has 0 amide bonds. The van der Waals surface area contributed by atoms with E-state index < -0.39 is 13.0 Å². The maximum absolute atomic E-state index is 12.4. The quantitative estimate of drug-likeness (QED) is 0.460. The number of methoxy groups -OCH3 is 2. The molecule has 0 atom stereocenters. The number of rotatable bonds is 7. The Morgan fingerprint density at radius 1 is 1.12 bits per heavy atom. The Labute approximate surface area is 182 Å². The van der Waals surface area contributed by atoms with Gasteiger partial charge in [0.1, 0.15) is 0 Å². The molecule has 4 rings (SSSR count). The summed E-state index contributed by atoms with van der Waals surface area (Å²) < 4.78 is 41.8.